The number of esters is 1. The number of rotatable bonds is 43. The van der Waals surface area contributed by atoms with Crippen LogP contribution in [0, 0.1) is 0 Å². The molecule has 0 bridgehead atoms. The van der Waals surface area contributed by atoms with Crippen LogP contribution in [-0.2, 0) is 14.3 Å². The molecule has 0 radical (unpaired) electrons. The van der Waals surface area contributed by atoms with E-state index in [2.05, 4.69) is 38.2 Å². The molecule has 0 aromatic heterocycles. The number of aliphatic hydroxyl groups excluding tert-OH is 2. The van der Waals surface area contributed by atoms with E-state index in [1.54, 1.807) is 0 Å². The average Bonchev–Trinajstić information content (AvgIpc) is 3.20. The molecule has 1 amide bonds. The zero-order valence-electron chi connectivity index (χ0n) is 37.7. The van der Waals surface area contributed by atoms with Crippen molar-refractivity contribution in [2.45, 2.75) is 257 Å². The number of carbonyl (C=O) groups excluding carboxylic acids is 2. The van der Waals surface area contributed by atoms with Crippen LogP contribution < -0.4 is 5.32 Å². The Bertz CT molecular complexity index is 988. The quantitative estimate of drug-likeness (QED) is 0.0324. The maximum Gasteiger partial charge on any atom is 0.306 e. The van der Waals surface area contributed by atoms with Gasteiger partial charge < -0.3 is 20.3 Å². The Morgan fingerprint density at radius 2 is 0.947 bits per heavy atom. The van der Waals surface area contributed by atoms with Crippen molar-refractivity contribution in [1.29, 1.82) is 0 Å². The molecule has 6 nitrogen and oxygen atoms in total. The third-order valence-corrected chi connectivity index (χ3v) is 11.0. The van der Waals surface area contributed by atoms with Crippen LogP contribution in [0.5, 0.6) is 0 Å². The second kappa shape index (κ2) is 44.9. The normalized spacial score (nSPS) is 13.7. The van der Waals surface area contributed by atoms with Gasteiger partial charge in [-0.15, -0.1) is 0 Å². The van der Waals surface area contributed by atoms with Gasteiger partial charge in [-0.25, -0.2) is 0 Å². The fraction of sp³-hybridized carbons (Fsp3) is 0.804. The highest BCUT2D eigenvalue weighted by Gasteiger charge is 2.24. The molecule has 3 N–H and O–H groups in total. The van der Waals surface area contributed by atoms with E-state index in [1.165, 1.54) is 135 Å². The van der Waals surface area contributed by atoms with Gasteiger partial charge in [0.1, 0.15) is 6.10 Å². The molecular weight excluding hydrogens is 707 g/mol. The molecule has 0 fully saturated rings. The largest absolute Gasteiger partial charge is 0.462 e. The number of hydrogen-bond donors (Lipinski definition) is 3. The summed E-state index contributed by atoms with van der Waals surface area (Å²) < 4.78 is 5.88. The Morgan fingerprint density at radius 3 is 1.40 bits per heavy atom. The highest BCUT2D eigenvalue weighted by molar-refractivity contribution is 5.77. The molecule has 0 aliphatic rings. The van der Waals surface area contributed by atoms with Crippen LogP contribution in [0.4, 0.5) is 0 Å². The summed E-state index contributed by atoms with van der Waals surface area (Å²) in [6, 6.07) is -0.719. The van der Waals surface area contributed by atoms with Gasteiger partial charge in [0.25, 0.3) is 0 Å². The number of ether oxygens (including phenoxy) is 1. The van der Waals surface area contributed by atoms with Gasteiger partial charge in [-0.3, -0.25) is 9.59 Å². The van der Waals surface area contributed by atoms with Gasteiger partial charge >= 0.3 is 5.97 Å². The summed E-state index contributed by atoms with van der Waals surface area (Å²) in [7, 11) is 0. The summed E-state index contributed by atoms with van der Waals surface area (Å²) in [4.78, 5) is 26.0. The molecule has 0 saturated carbocycles. The summed E-state index contributed by atoms with van der Waals surface area (Å²) in [5.74, 6) is -0.537. The number of aliphatic hydroxyl groups is 2. The molecule has 332 valence electrons. The lowest BCUT2D eigenvalue weighted by Gasteiger charge is -2.24. The minimum Gasteiger partial charge on any atom is -0.462 e. The van der Waals surface area contributed by atoms with E-state index in [0.717, 1.165) is 57.8 Å². The highest BCUT2D eigenvalue weighted by atomic mass is 16.5. The van der Waals surface area contributed by atoms with Gasteiger partial charge in [0.2, 0.25) is 5.91 Å². The third kappa shape index (κ3) is 40.4. The molecule has 3 unspecified atom stereocenters. The van der Waals surface area contributed by atoms with Crippen molar-refractivity contribution in [3.63, 3.8) is 0 Å². The topological polar surface area (TPSA) is 95.9 Å². The lowest BCUT2D eigenvalue weighted by atomic mass is 10.0. The van der Waals surface area contributed by atoms with E-state index >= 15 is 0 Å². The van der Waals surface area contributed by atoms with Gasteiger partial charge in [-0.2, -0.15) is 0 Å². The van der Waals surface area contributed by atoms with Crippen LogP contribution in [0.3, 0.4) is 0 Å². The maximum atomic E-state index is 13.1. The zero-order chi connectivity index (χ0) is 41.7. The third-order valence-electron chi connectivity index (χ3n) is 11.0. The molecule has 0 heterocycles. The first-order valence-corrected chi connectivity index (χ1v) is 24.4. The van der Waals surface area contributed by atoms with Crippen LogP contribution in [-0.4, -0.2) is 46.9 Å². The average molecular weight is 800 g/mol. The second-order valence-corrected chi connectivity index (χ2v) is 16.6. The first-order chi connectivity index (χ1) is 28.0. The summed E-state index contributed by atoms with van der Waals surface area (Å²) in [5, 5.41) is 23.7. The smallest absolute Gasteiger partial charge is 0.306 e. The van der Waals surface area contributed by atoms with E-state index in [1.807, 2.05) is 36.5 Å². The number of allylic oxidation sites excluding steroid dienone is 8. The Kier molecular flexibility index (Phi) is 43.2. The Hall–Kier alpha value is -2.18. The fourth-order valence-corrected chi connectivity index (χ4v) is 7.33. The second-order valence-electron chi connectivity index (χ2n) is 16.6. The molecule has 0 rings (SSSR count). The summed E-state index contributed by atoms with van der Waals surface area (Å²) in [6.45, 7) is 6.32. The number of carbonyl (C=O) groups is 2. The number of amides is 1. The van der Waals surface area contributed by atoms with Gasteiger partial charge in [0.15, 0.2) is 0 Å². The van der Waals surface area contributed by atoms with E-state index < -0.39 is 18.2 Å². The number of nitrogens with one attached hydrogen (secondary N) is 1. The van der Waals surface area contributed by atoms with Gasteiger partial charge in [-0.05, 0) is 38.5 Å². The van der Waals surface area contributed by atoms with Crippen LogP contribution in [0.15, 0.2) is 48.6 Å². The minimum absolute atomic E-state index is 0.0338. The summed E-state index contributed by atoms with van der Waals surface area (Å²) >= 11 is 0. The Labute approximate surface area is 353 Å². The maximum absolute atomic E-state index is 13.1. The molecule has 6 heteroatoms. The van der Waals surface area contributed by atoms with Crippen molar-refractivity contribution in [1.82, 2.24) is 5.32 Å². The molecule has 0 aromatic carbocycles. The molecule has 0 aliphatic carbocycles. The van der Waals surface area contributed by atoms with Crippen molar-refractivity contribution < 1.29 is 24.5 Å². The summed E-state index contributed by atoms with van der Waals surface area (Å²) in [6.07, 6.45) is 53.2. The van der Waals surface area contributed by atoms with Gasteiger partial charge in [-0.1, -0.05) is 236 Å². The van der Waals surface area contributed by atoms with E-state index in [0.29, 0.717) is 19.3 Å². The van der Waals surface area contributed by atoms with Crippen molar-refractivity contribution in [2.24, 2.45) is 0 Å². The SMILES string of the molecule is CC/C=C/C=C/C=C\C=C/CCCC(CC(=O)NC(CO)C(O)CCCCCCCCCCCCCC)OC(=O)CCCCCCCCCCCCCCCCC. The first-order valence-electron chi connectivity index (χ1n) is 24.4. The Balaban J connectivity index is 4.60. The Morgan fingerprint density at radius 1 is 0.526 bits per heavy atom. The molecular formula is C51H93NO5. The molecule has 57 heavy (non-hydrogen) atoms. The lowest BCUT2D eigenvalue weighted by molar-refractivity contribution is -0.151. The van der Waals surface area contributed by atoms with E-state index in [4.69, 9.17) is 4.74 Å². The zero-order valence-corrected chi connectivity index (χ0v) is 37.7. The van der Waals surface area contributed by atoms with Crippen LogP contribution in [0.25, 0.3) is 0 Å². The monoisotopic (exact) mass is 800 g/mol. The minimum atomic E-state index is -0.802. The van der Waals surface area contributed by atoms with Crippen molar-refractivity contribution in [3.8, 4) is 0 Å². The lowest BCUT2D eigenvalue weighted by Crippen LogP contribution is -2.46. The summed E-state index contributed by atoms with van der Waals surface area (Å²) in [5.41, 5.74) is 0. The first kappa shape index (κ1) is 54.8. The molecule has 3 atom stereocenters. The molecule has 0 spiro atoms. The predicted molar refractivity (Wildman–Crippen MR) is 245 cm³/mol. The predicted octanol–water partition coefficient (Wildman–Crippen LogP) is 14.3. The number of hydrogen-bond acceptors (Lipinski definition) is 5. The molecule has 0 saturated heterocycles. The van der Waals surface area contributed by atoms with Crippen molar-refractivity contribution in [2.75, 3.05) is 6.61 Å². The van der Waals surface area contributed by atoms with Gasteiger partial charge in [0.05, 0.1) is 25.2 Å². The van der Waals surface area contributed by atoms with Crippen molar-refractivity contribution >= 4 is 11.9 Å². The molecule has 0 aromatic rings. The number of unbranched alkanes of at least 4 members (excludes halogenated alkanes) is 26. The van der Waals surface area contributed by atoms with Crippen LogP contribution in [0.1, 0.15) is 239 Å². The standard InChI is InChI=1S/C51H93NO5/c1-4-7-10-13-16-19-22-24-25-26-29-32-35-38-41-44-51(56)57-47(42-39-36-33-30-27-21-18-15-12-9-6-3)45-50(55)52-48(46-53)49(54)43-40-37-34-31-28-23-20-17-14-11-8-5-2/h9,12,15,18,21,27,30,33,47-49,53-54H,4-8,10-11,13-14,16-17,19-20,22-26,28-29,31-32,34-46H2,1-3H3,(H,52,55)/b12-9+,18-15+,27-21-,33-30-. The van der Waals surface area contributed by atoms with Crippen LogP contribution in [0.2, 0.25) is 0 Å². The highest BCUT2D eigenvalue weighted by Crippen LogP contribution is 2.17. The van der Waals surface area contributed by atoms with Crippen molar-refractivity contribution in [3.05, 3.63) is 48.6 Å². The van der Waals surface area contributed by atoms with Crippen LogP contribution >= 0.6 is 0 Å². The molecule has 0 aliphatic heterocycles. The van der Waals surface area contributed by atoms with Gasteiger partial charge in [0, 0.05) is 6.42 Å². The fourth-order valence-electron chi connectivity index (χ4n) is 7.33. The van der Waals surface area contributed by atoms with E-state index in [-0.39, 0.29) is 24.9 Å². The van der Waals surface area contributed by atoms with E-state index in [9.17, 15) is 19.8 Å².